The number of benzene rings is 2. The van der Waals surface area contributed by atoms with Gasteiger partial charge in [-0.25, -0.2) is 0 Å². The van der Waals surface area contributed by atoms with Crippen LogP contribution in [0.5, 0.6) is 11.5 Å². The first-order chi connectivity index (χ1) is 9.51. The molecule has 0 aliphatic heterocycles. The molecule has 0 bridgehead atoms. The van der Waals surface area contributed by atoms with E-state index < -0.39 is 0 Å². The first-order valence-electron chi connectivity index (χ1n) is 6.52. The summed E-state index contributed by atoms with van der Waals surface area (Å²) < 4.78 is 6.82. The molecule has 0 aromatic heterocycles. The van der Waals surface area contributed by atoms with E-state index in [1.165, 1.54) is 0 Å². The van der Waals surface area contributed by atoms with E-state index in [0.29, 0.717) is 0 Å². The minimum Gasteiger partial charge on any atom is -0.457 e. The van der Waals surface area contributed by atoms with Crippen LogP contribution < -0.4 is 10.5 Å². The lowest BCUT2D eigenvalue weighted by Gasteiger charge is -2.12. The molecule has 0 aliphatic rings. The van der Waals surface area contributed by atoms with Crippen LogP contribution in [0.1, 0.15) is 31.0 Å². The van der Waals surface area contributed by atoms with Crippen LogP contribution in [-0.4, -0.2) is 0 Å². The van der Waals surface area contributed by atoms with E-state index in [9.17, 15) is 0 Å². The molecule has 2 rings (SSSR count). The fourth-order valence-electron chi connectivity index (χ4n) is 1.96. The zero-order chi connectivity index (χ0) is 14.7. The molecule has 0 spiro atoms. The van der Waals surface area contributed by atoms with Gasteiger partial charge in [0.05, 0.1) is 0 Å². The Morgan fingerprint density at radius 3 is 2.45 bits per heavy atom. The Kier molecular flexibility index (Phi) is 5.08. The van der Waals surface area contributed by atoms with Crippen LogP contribution in [0.25, 0.3) is 0 Å². The van der Waals surface area contributed by atoms with E-state index in [-0.39, 0.29) is 6.04 Å². The molecule has 0 radical (unpaired) electrons. The van der Waals surface area contributed by atoms with Crippen LogP contribution in [0.4, 0.5) is 0 Å². The largest absolute Gasteiger partial charge is 0.457 e. The van der Waals surface area contributed by atoms with E-state index in [4.69, 9.17) is 22.1 Å². The molecule has 1 atom stereocenters. The van der Waals surface area contributed by atoms with Crippen molar-refractivity contribution in [3.05, 3.63) is 57.0 Å². The Morgan fingerprint density at radius 1 is 1.20 bits per heavy atom. The minimum absolute atomic E-state index is 0.0133. The zero-order valence-electron chi connectivity index (χ0n) is 11.5. The summed E-state index contributed by atoms with van der Waals surface area (Å²) in [6, 6.07) is 11.5. The smallest absolute Gasteiger partial charge is 0.128 e. The van der Waals surface area contributed by atoms with E-state index in [2.05, 4.69) is 22.9 Å². The van der Waals surface area contributed by atoms with Crippen molar-refractivity contribution in [3.8, 4) is 11.5 Å². The molecule has 2 nitrogen and oxygen atoms in total. The van der Waals surface area contributed by atoms with Gasteiger partial charge in [0, 0.05) is 15.5 Å². The molecule has 0 amide bonds. The van der Waals surface area contributed by atoms with E-state index in [1.54, 1.807) is 0 Å². The summed E-state index contributed by atoms with van der Waals surface area (Å²) in [7, 11) is 0. The van der Waals surface area contributed by atoms with Crippen molar-refractivity contribution in [2.75, 3.05) is 0 Å². The van der Waals surface area contributed by atoms with Crippen LogP contribution >= 0.6 is 27.5 Å². The monoisotopic (exact) mass is 353 g/mol. The fourth-order valence-corrected chi connectivity index (χ4v) is 2.93. The summed E-state index contributed by atoms with van der Waals surface area (Å²) in [5.74, 6) is 1.55. The van der Waals surface area contributed by atoms with Crippen molar-refractivity contribution < 1.29 is 4.74 Å². The van der Waals surface area contributed by atoms with Gasteiger partial charge in [0.25, 0.3) is 0 Å². The molecule has 106 valence electrons. The van der Waals surface area contributed by atoms with E-state index in [1.807, 2.05) is 43.3 Å². The minimum atomic E-state index is -0.0133. The third kappa shape index (κ3) is 3.54. The van der Waals surface area contributed by atoms with Crippen LogP contribution in [0.2, 0.25) is 5.02 Å². The summed E-state index contributed by atoms with van der Waals surface area (Å²) in [5, 5.41) is 0.772. The van der Waals surface area contributed by atoms with E-state index >= 15 is 0 Å². The van der Waals surface area contributed by atoms with Crippen molar-refractivity contribution in [3.63, 3.8) is 0 Å². The molecule has 0 saturated heterocycles. The van der Waals surface area contributed by atoms with Crippen LogP contribution in [0, 0.1) is 0 Å². The summed E-state index contributed by atoms with van der Waals surface area (Å²) in [4.78, 5) is 0. The number of ether oxygens (including phenoxy) is 1. The second-order valence-electron chi connectivity index (χ2n) is 4.68. The average molecular weight is 355 g/mol. The standard InChI is InChI=1S/C16H17BrClNO/c1-3-11-8-12(5-7-16(11)18)20-13-4-6-14(10(2)19)15(17)9-13/h4-10H,3,19H2,1-2H3/t10-/m1/s1. The maximum Gasteiger partial charge on any atom is 0.128 e. The lowest BCUT2D eigenvalue weighted by Crippen LogP contribution is -2.05. The third-order valence-electron chi connectivity index (χ3n) is 3.10. The molecule has 0 unspecified atom stereocenters. The molecule has 0 fully saturated rings. The van der Waals surface area contributed by atoms with Crippen LogP contribution in [-0.2, 0) is 6.42 Å². The number of halogens is 2. The molecule has 20 heavy (non-hydrogen) atoms. The predicted molar refractivity (Wildman–Crippen MR) is 87.6 cm³/mol. The van der Waals surface area contributed by atoms with Crippen molar-refractivity contribution >= 4 is 27.5 Å². The van der Waals surface area contributed by atoms with Gasteiger partial charge in [0.2, 0.25) is 0 Å². The molecular formula is C16H17BrClNO. The normalized spacial score (nSPS) is 12.2. The first kappa shape index (κ1) is 15.4. The predicted octanol–water partition coefficient (Wildman–Crippen LogP) is 5.48. The van der Waals surface area contributed by atoms with Crippen LogP contribution in [0.3, 0.4) is 0 Å². The maximum absolute atomic E-state index is 6.10. The lowest BCUT2D eigenvalue weighted by molar-refractivity contribution is 0.481. The summed E-state index contributed by atoms with van der Waals surface area (Å²) in [6.07, 6.45) is 0.878. The quantitative estimate of drug-likeness (QED) is 0.789. The Balaban J connectivity index is 2.24. The molecule has 2 N–H and O–H groups in total. The Hall–Kier alpha value is -1.03. The fraction of sp³-hybridized carbons (Fsp3) is 0.250. The van der Waals surface area contributed by atoms with Gasteiger partial charge in [0.1, 0.15) is 11.5 Å². The Bertz CT molecular complexity index is 613. The number of nitrogens with two attached hydrogens (primary N) is 1. The Labute approximate surface area is 133 Å². The number of hydrogen-bond acceptors (Lipinski definition) is 2. The lowest BCUT2D eigenvalue weighted by atomic mass is 10.1. The van der Waals surface area contributed by atoms with Gasteiger partial charge in [-0.2, -0.15) is 0 Å². The molecule has 0 heterocycles. The molecule has 4 heteroatoms. The van der Waals surface area contributed by atoms with Crippen molar-refractivity contribution in [2.45, 2.75) is 26.3 Å². The van der Waals surface area contributed by atoms with Gasteiger partial charge >= 0.3 is 0 Å². The average Bonchev–Trinajstić information content (AvgIpc) is 2.40. The molecule has 0 aliphatic carbocycles. The SMILES string of the molecule is CCc1cc(Oc2ccc([C@@H](C)N)c(Br)c2)ccc1Cl. The summed E-state index contributed by atoms with van der Waals surface area (Å²) >= 11 is 9.62. The highest BCUT2D eigenvalue weighted by atomic mass is 79.9. The second-order valence-corrected chi connectivity index (χ2v) is 5.94. The molecule has 2 aromatic rings. The summed E-state index contributed by atoms with van der Waals surface area (Å²) in [5.41, 5.74) is 8.02. The molecule has 2 aromatic carbocycles. The van der Waals surface area contributed by atoms with Crippen LogP contribution in [0.15, 0.2) is 40.9 Å². The van der Waals surface area contributed by atoms with Crippen molar-refractivity contribution in [1.82, 2.24) is 0 Å². The maximum atomic E-state index is 6.10. The van der Waals surface area contributed by atoms with Gasteiger partial charge in [-0.05, 0) is 54.8 Å². The van der Waals surface area contributed by atoms with Gasteiger partial charge in [0.15, 0.2) is 0 Å². The third-order valence-corrected chi connectivity index (χ3v) is 4.15. The van der Waals surface area contributed by atoms with Crippen molar-refractivity contribution in [1.29, 1.82) is 0 Å². The van der Waals surface area contributed by atoms with E-state index in [0.717, 1.165) is 38.5 Å². The molecular weight excluding hydrogens is 338 g/mol. The Morgan fingerprint density at radius 2 is 1.85 bits per heavy atom. The number of aryl methyl sites for hydroxylation is 1. The topological polar surface area (TPSA) is 35.2 Å². The highest BCUT2D eigenvalue weighted by molar-refractivity contribution is 9.10. The second kappa shape index (κ2) is 6.61. The number of hydrogen-bond donors (Lipinski definition) is 1. The first-order valence-corrected chi connectivity index (χ1v) is 7.69. The number of rotatable bonds is 4. The summed E-state index contributed by atoms with van der Waals surface area (Å²) in [6.45, 7) is 4.02. The van der Waals surface area contributed by atoms with Gasteiger partial charge in [-0.3, -0.25) is 0 Å². The zero-order valence-corrected chi connectivity index (χ0v) is 13.8. The highest BCUT2D eigenvalue weighted by Gasteiger charge is 2.07. The molecule has 0 saturated carbocycles. The van der Waals surface area contributed by atoms with Crippen molar-refractivity contribution in [2.24, 2.45) is 5.73 Å². The van der Waals surface area contributed by atoms with Gasteiger partial charge < -0.3 is 10.5 Å². The highest BCUT2D eigenvalue weighted by Crippen LogP contribution is 2.31. The van der Waals surface area contributed by atoms with Gasteiger partial charge in [-0.1, -0.05) is 40.5 Å². The van der Waals surface area contributed by atoms with Gasteiger partial charge in [-0.15, -0.1) is 0 Å².